The average molecular weight is 287 g/mol. The fraction of sp³-hybridized carbons (Fsp3) is 0.353. The summed E-state index contributed by atoms with van der Waals surface area (Å²) in [5.41, 5.74) is 1.34. The summed E-state index contributed by atoms with van der Waals surface area (Å²) in [6.45, 7) is 5.98. The van der Waals surface area contributed by atoms with Crippen LogP contribution in [0.3, 0.4) is 0 Å². The first kappa shape index (κ1) is 15.2. The van der Waals surface area contributed by atoms with Gasteiger partial charge < -0.3 is 14.0 Å². The molecule has 0 atom stereocenters. The lowest BCUT2D eigenvalue weighted by atomic mass is 10.1. The fourth-order valence-electron chi connectivity index (χ4n) is 2.13. The lowest BCUT2D eigenvalue weighted by Crippen LogP contribution is -2.23. The van der Waals surface area contributed by atoms with Crippen LogP contribution in [0.4, 0.5) is 0 Å². The number of rotatable bonds is 3. The fourth-order valence-corrected chi connectivity index (χ4v) is 2.13. The van der Waals surface area contributed by atoms with E-state index in [0.29, 0.717) is 5.75 Å². The topological polar surface area (TPSA) is 40.5 Å². The van der Waals surface area contributed by atoms with E-state index >= 15 is 0 Å². The maximum atomic E-state index is 11.8. The Morgan fingerprint density at radius 1 is 1.10 bits per heavy atom. The monoisotopic (exact) mass is 287 g/mol. The number of hydrogen-bond donors (Lipinski definition) is 0. The van der Waals surface area contributed by atoms with Crippen molar-refractivity contribution in [2.24, 2.45) is 7.05 Å². The zero-order valence-corrected chi connectivity index (χ0v) is 13.1. The highest BCUT2D eigenvalue weighted by atomic mass is 16.5. The van der Waals surface area contributed by atoms with E-state index in [0.717, 1.165) is 17.0 Å². The Labute approximate surface area is 124 Å². The molecule has 0 saturated carbocycles. The highest BCUT2D eigenvalue weighted by molar-refractivity contribution is 5.68. The number of aromatic nitrogens is 1. The van der Waals surface area contributed by atoms with Crippen LogP contribution in [0.15, 0.2) is 41.2 Å². The standard InChI is InChI=1S/C17H21NO3/c1-17(2,3)21-12-9-10-13(15(11-12)20-5)14-7-6-8-16(19)18(14)4/h6-11H,1-5H3. The number of methoxy groups -OCH3 is 1. The van der Waals surface area contributed by atoms with Crippen LogP contribution in [0.25, 0.3) is 11.3 Å². The third kappa shape index (κ3) is 3.45. The summed E-state index contributed by atoms with van der Waals surface area (Å²) in [5.74, 6) is 1.42. The predicted octanol–water partition coefficient (Wildman–Crippen LogP) is 3.24. The van der Waals surface area contributed by atoms with Crippen LogP contribution in [-0.4, -0.2) is 17.3 Å². The smallest absolute Gasteiger partial charge is 0.250 e. The van der Waals surface area contributed by atoms with Gasteiger partial charge in [0.1, 0.15) is 17.1 Å². The van der Waals surface area contributed by atoms with Gasteiger partial charge >= 0.3 is 0 Å². The number of nitrogens with zero attached hydrogens (tertiary/aromatic N) is 1. The van der Waals surface area contributed by atoms with Crippen molar-refractivity contribution in [1.82, 2.24) is 4.57 Å². The second-order valence-corrected chi connectivity index (χ2v) is 5.88. The molecular weight excluding hydrogens is 266 g/mol. The molecule has 2 rings (SSSR count). The highest BCUT2D eigenvalue weighted by Crippen LogP contribution is 2.33. The average Bonchev–Trinajstić information content (AvgIpc) is 2.40. The van der Waals surface area contributed by atoms with E-state index < -0.39 is 0 Å². The van der Waals surface area contributed by atoms with Crippen LogP contribution < -0.4 is 15.0 Å². The summed E-state index contributed by atoms with van der Waals surface area (Å²) in [4.78, 5) is 11.8. The van der Waals surface area contributed by atoms with E-state index in [-0.39, 0.29) is 11.2 Å². The molecule has 0 fully saturated rings. The molecule has 0 saturated heterocycles. The Morgan fingerprint density at radius 2 is 1.81 bits per heavy atom. The van der Waals surface area contributed by atoms with E-state index in [2.05, 4.69) is 0 Å². The van der Waals surface area contributed by atoms with Crippen molar-refractivity contribution < 1.29 is 9.47 Å². The van der Waals surface area contributed by atoms with Crippen LogP contribution in [0.1, 0.15) is 20.8 Å². The maximum absolute atomic E-state index is 11.8. The molecule has 0 radical (unpaired) electrons. The molecule has 0 aliphatic heterocycles. The summed E-state index contributed by atoms with van der Waals surface area (Å²) in [6, 6.07) is 10.8. The largest absolute Gasteiger partial charge is 0.496 e. The van der Waals surface area contributed by atoms with Gasteiger partial charge in [0.25, 0.3) is 5.56 Å². The molecule has 21 heavy (non-hydrogen) atoms. The molecule has 1 aromatic heterocycles. The van der Waals surface area contributed by atoms with Gasteiger partial charge in [-0.15, -0.1) is 0 Å². The van der Waals surface area contributed by atoms with E-state index in [1.54, 1.807) is 24.8 Å². The van der Waals surface area contributed by atoms with Crippen molar-refractivity contribution in [3.63, 3.8) is 0 Å². The van der Waals surface area contributed by atoms with Gasteiger partial charge in [-0.05, 0) is 39.0 Å². The molecule has 4 heteroatoms. The van der Waals surface area contributed by atoms with Crippen LogP contribution in [0.2, 0.25) is 0 Å². The molecule has 2 aromatic rings. The third-order valence-electron chi connectivity index (χ3n) is 3.06. The number of hydrogen-bond acceptors (Lipinski definition) is 3. The van der Waals surface area contributed by atoms with Gasteiger partial charge in [-0.25, -0.2) is 0 Å². The normalized spacial score (nSPS) is 11.3. The maximum Gasteiger partial charge on any atom is 0.250 e. The molecule has 1 aromatic carbocycles. The first-order valence-electron chi connectivity index (χ1n) is 6.85. The van der Waals surface area contributed by atoms with Gasteiger partial charge in [0.2, 0.25) is 0 Å². The molecule has 0 N–H and O–H groups in total. The minimum atomic E-state index is -0.272. The SMILES string of the molecule is COc1cc(OC(C)(C)C)ccc1-c1cccc(=O)n1C. The molecule has 0 amide bonds. The Hall–Kier alpha value is -2.23. The summed E-state index contributed by atoms with van der Waals surface area (Å²) in [5, 5.41) is 0. The van der Waals surface area contributed by atoms with Crippen LogP contribution in [0.5, 0.6) is 11.5 Å². The molecular formula is C17H21NO3. The summed E-state index contributed by atoms with van der Waals surface area (Å²) >= 11 is 0. The van der Waals surface area contributed by atoms with Crippen molar-refractivity contribution >= 4 is 0 Å². The number of ether oxygens (including phenoxy) is 2. The minimum Gasteiger partial charge on any atom is -0.496 e. The molecule has 0 aliphatic rings. The van der Waals surface area contributed by atoms with Crippen molar-refractivity contribution in [2.45, 2.75) is 26.4 Å². The lowest BCUT2D eigenvalue weighted by molar-refractivity contribution is 0.130. The van der Waals surface area contributed by atoms with E-state index in [9.17, 15) is 4.79 Å². The molecule has 0 spiro atoms. The second kappa shape index (κ2) is 5.64. The second-order valence-electron chi connectivity index (χ2n) is 5.88. The summed E-state index contributed by atoms with van der Waals surface area (Å²) in [7, 11) is 3.36. The molecule has 4 nitrogen and oxygen atoms in total. The quantitative estimate of drug-likeness (QED) is 0.870. The molecule has 112 valence electrons. The minimum absolute atomic E-state index is 0.0513. The van der Waals surface area contributed by atoms with Crippen LogP contribution in [-0.2, 0) is 7.05 Å². The van der Waals surface area contributed by atoms with E-state index in [1.165, 1.54) is 6.07 Å². The lowest BCUT2D eigenvalue weighted by Gasteiger charge is -2.22. The first-order valence-corrected chi connectivity index (χ1v) is 6.85. The Kier molecular flexibility index (Phi) is 4.07. The Bertz CT molecular complexity index is 696. The van der Waals surface area contributed by atoms with Crippen molar-refractivity contribution in [3.05, 3.63) is 46.8 Å². The van der Waals surface area contributed by atoms with Crippen LogP contribution >= 0.6 is 0 Å². The van der Waals surface area contributed by atoms with Crippen molar-refractivity contribution in [3.8, 4) is 22.8 Å². The number of pyridine rings is 1. The van der Waals surface area contributed by atoms with E-state index in [4.69, 9.17) is 9.47 Å². The zero-order chi connectivity index (χ0) is 15.6. The molecule has 0 aliphatic carbocycles. The van der Waals surface area contributed by atoms with Gasteiger partial charge in [0.15, 0.2) is 0 Å². The summed E-state index contributed by atoms with van der Waals surface area (Å²) < 4.78 is 12.9. The van der Waals surface area contributed by atoms with Gasteiger partial charge in [-0.3, -0.25) is 4.79 Å². The molecule has 0 bridgehead atoms. The third-order valence-corrected chi connectivity index (χ3v) is 3.06. The highest BCUT2D eigenvalue weighted by Gasteiger charge is 2.15. The molecule has 1 heterocycles. The van der Waals surface area contributed by atoms with Gasteiger partial charge in [-0.2, -0.15) is 0 Å². The Balaban J connectivity index is 2.50. The zero-order valence-electron chi connectivity index (χ0n) is 13.1. The van der Waals surface area contributed by atoms with E-state index in [1.807, 2.05) is 45.0 Å². The van der Waals surface area contributed by atoms with Crippen molar-refractivity contribution in [2.75, 3.05) is 7.11 Å². The van der Waals surface area contributed by atoms with Crippen LogP contribution in [0, 0.1) is 0 Å². The number of benzene rings is 1. The molecule has 0 unspecified atom stereocenters. The Morgan fingerprint density at radius 3 is 2.43 bits per heavy atom. The summed E-state index contributed by atoms with van der Waals surface area (Å²) in [6.07, 6.45) is 0. The van der Waals surface area contributed by atoms with Gasteiger partial charge in [0.05, 0.1) is 12.8 Å². The first-order chi connectivity index (χ1) is 9.81. The van der Waals surface area contributed by atoms with Gasteiger partial charge in [-0.1, -0.05) is 6.07 Å². The van der Waals surface area contributed by atoms with Gasteiger partial charge in [0, 0.05) is 24.7 Å². The van der Waals surface area contributed by atoms with Crippen molar-refractivity contribution in [1.29, 1.82) is 0 Å². The predicted molar refractivity (Wildman–Crippen MR) is 84.1 cm³/mol.